The van der Waals surface area contributed by atoms with Crippen molar-refractivity contribution in [2.75, 3.05) is 0 Å². The van der Waals surface area contributed by atoms with E-state index in [0.29, 0.717) is 5.82 Å². The van der Waals surface area contributed by atoms with Gasteiger partial charge < -0.3 is 0 Å². The zero-order valence-corrected chi connectivity index (χ0v) is 14.7. The van der Waals surface area contributed by atoms with E-state index in [4.69, 9.17) is 0 Å². The van der Waals surface area contributed by atoms with E-state index in [-0.39, 0.29) is 0 Å². The Kier molecular flexibility index (Phi) is 4.23. The van der Waals surface area contributed by atoms with Crippen LogP contribution in [0.3, 0.4) is 0 Å². The van der Waals surface area contributed by atoms with Gasteiger partial charge in [-0.1, -0.05) is 54.1 Å². The van der Waals surface area contributed by atoms with Crippen LogP contribution >= 0.6 is 0 Å². The molecule has 2 aromatic carbocycles. The minimum absolute atomic E-state index is 0.630. The lowest BCUT2D eigenvalue weighted by molar-refractivity contribution is 1.04. The number of hydrogen-bond donors (Lipinski definition) is 0. The van der Waals surface area contributed by atoms with Crippen molar-refractivity contribution in [1.29, 1.82) is 0 Å². The second-order valence-electron chi connectivity index (χ2n) is 6.26. The third-order valence-electron chi connectivity index (χ3n) is 4.29. The van der Waals surface area contributed by atoms with E-state index in [2.05, 4.69) is 75.4 Å². The Labute approximate surface area is 152 Å². The molecule has 4 nitrogen and oxygen atoms in total. The van der Waals surface area contributed by atoms with Crippen molar-refractivity contribution in [3.8, 4) is 33.6 Å². The molecule has 4 heteroatoms. The Balaban J connectivity index is 1.57. The van der Waals surface area contributed by atoms with Crippen molar-refractivity contribution in [2.24, 2.45) is 0 Å². The number of aryl methyl sites for hydroxylation is 2. The molecular formula is C22H18N4. The smallest absolute Gasteiger partial charge is 0.162 e. The standard InChI is InChI=1S/C22H18N4/c1-15-3-5-17(6-4-15)18-7-9-19(10-8-18)20-11-25-22(26-12-20)21-13-23-16(2)24-14-21/h3-14H,1-2H3. The largest absolute Gasteiger partial charge is 0.241 e. The first-order valence-corrected chi connectivity index (χ1v) is 8.47. The second kappa shape index (κ2) is 6.84. The number of benzene rings is 2. The van der Waals surface area contributed by atoms with E-state index >= 15 is 0 Å². The fourth-order valence-corrected chi connectivity index (χ4v) is 2.74. The molecule has 126 valence electrons. The predicted molar refractivity (Wildman–Crippen MR) is 103 cm³/mol. The summed E-state index contributed by atoms with van der Waals surface area (Å²) in [5, 5.41) is 0. The third-order valence-corrected chi connectivity index (χ3v) is 4.29. The summed E-state index contributed by atoms with van der Waals surface area (Å²) in [4.78, 5) is 17.3. The van der Waals surface area contributed by atoms with Crippen molar-refractivity contribution in [3.05, 3.63) is 84.7 Å². The van der Waals surface area contributed by atoms with Gasteiger partial charge in [0.1, 0.15) is 5.82 Å². The van der Waals surface area contributed by atoms with Crippen LogP contribution < -0.4 is 0 Å². The Hall–Kier alpha value is -3.40. The molecule has 0 aliphatic rings. The molecule has 4 rings (SSSR count). The Morgan fingerprint density at radius 3 is 1.42 bits per heavy atom. The summed E-state index contributed by atoms with van der Waals surface area (Å²) in [6.07, 6.45) is 7.16. The van der Waals surface area contributed by atoms with Crippen LogP contribution in [-0.2, 0) is 0 Å². The van der Waals surface area contributed by atoms with Gasteiger partial charge >= 0.3 is 0 Å². The fourth-order valence-electron chi connectivity index (χ4n) is 2.74. The molecule has 2 aromatic heterocycles. The lowest BCUT2D eigenvalue weighted by Gasteiger charge is -2.06. The number of hydrogen-bond acceptors (Lipinski definition) is 4. The van der Waals surface area contributed by atoms with E-state index in [9.17, 15) is 0 Å². The van der Waals surface area contributed by atoms with Crippen LogP contribution in [0.5, 0.6) is 0 Å². The summed E-state index contributed by atoms with van der Waals surface area (Å²) < 4.78 is 0. The topological polar surface area (TPSA) is 51.6 Å². The van der Waals surface area contributed by atoms with Crippen LogP contribution in [0.15, 0.2) is 73.3 Å². The molecule has 4 aromatic rings. The minimum atomic E-state index is 0.630. The highest BCUT2D eigenvalue weighted by Gasteiger charge is 2.05. The van der Waals surface area contributed by atoms with Crippen molar-refractivity contribution in [3.63, 3.8) is 0 Å². The molecular weight excluding hydrogens is 320 g/mol. The maximum absolute atomic E-state index is 4.45. The molecule has 0 fully saturated rings. The number of nitrogens with zero attached hydrogens (tertiary/aromatic N) is 4. The molecule has 0 aliphatic carbocycles. The van der Waals surface area contributed by atoms with Crippen LogP contribution in [0, 0.1) is 13.8 Å². The summed E-state index contributed by atoms with van der Waals surface area (Å²) in [5.41, 5.74) is 6.57. The molecule has 0 amide bonds. The minimum Gasteiger partial charge on any atom is -0.241 e. The van der Waals surface area contributed by atoms with Gasteiger partial charge in [-0.2, -0.15) is 0 Å². The molecule has 0 radical (unpaired) electrons. The average molecular weight is 338 g/mol. The van der Waals surface area contributed by atoms with Crippen LogP contribution in [0.25, 0.3) is 33.6 Å². The molecule has 2 heterocycles. The van der Waals surface area contributed by atoms with Crippen molar-refractivity contribution in [1.82, 2.24) is 19.9 Å². The van der Waals surface area contributed by atoms with Crippen LogP contribution in [0.4, 0.5) is 0 Å². The van der Waals surface area contributed by atoms with E-state index in [1.165, 1.54) is 16.7 Å². The highest BCUT2D eigenvalue weighted by atomic mass is 14.9. The van der Waals surface area contributed by atoms with E-state index in [0.717, 1.165) is 22.5 Å². The van der Waals surface area contributed by atoms with Crippen LogP contribution in [0.1, 0.15) is 11.4 Å². The highest BCUT2D eigenvalue weighted by Crippen LogP contribution is 2.25. The molecule has 0 aliphatic heterocycles. The third kappa shape index (κ3) is 3.35. The van der Waals surface area contributed by atoms with Gasteiger partial charge in [-0.25, -0.2) is 19.9 Å². The zero-order valence-electron chi connectivity index (χ0n) is 14.7. The monoisotopic (exact) mass is 338 g/mol. The van der Waals surface area contributed by atoms with Crippen molar-refractivity contribution in [2.45, 2.75) is 13.8 Å². The van der Waals surface area contributed by atoms with Gasteiger partial charge in [0.25, 0.3) is 0 Å². The van der Waals surface area contributed by atoms with Gasteiger partial charge in [-0.15, -0.1) is 0 Å². The number of rotatable bonds is 3. The quantitative estimate of drug-likeness (QED) is 0.534. The normalized spacial score (nSPS) is 10.7. The van der Waals surface area contributed by atoms with Crippen molar-refractivity contribution < 1.29 is 0 Å². The maximum Gasteiger partial charge on any atom is 0.162 e. The lowest BCUT2D eigenvalue weighted by Crippen LogP contribution is -1.93. The first kappa shape index (κ1) is 16.1. The lowest BCUT2D eigenvalue weighted by atomic mass is 10.0. The maximum atomic E-state index is 4.45. The van der Waals surface area contributed by atoms with Gasteiger partial charge in [-0.05, 0) is 30.5 Å². The first-order chi connectivity index (χ1) is 12.7. The fraction of sp³-hybridized carbons (Fsp3) is 0.0909. The van der Waals surface area contributed by atoms with Crippen molar-refractivity contribution >= 4 is 0 Å². The van der Waals surface area contributed by atoms with Gasteiger partial charge in [0.05, 0.1) is 5.56 Å². The second-order valence-corrected chi connectivity index (χ2v) is 6.26. The summed E-state index contributed by atoms with van der Waals surface area (Å²) in [5.74, 6) is 1.36. The molecule has 0 spiro atoms. The van der Waals surface area contributed by atoms with E-state index in [1.54, 1.807) is 12.4 Å². The molecule has 0 N–H and O–H groups in total. The highest BCUT2D eigenvalue weighted by molar-refractivity contribution is 5.70. The number of aromatic nitrogens is 4. The molecule has 0 saturated carbocycles. The average Bonchev–Trinajstić information content (AvgIpc) is 2.70. The summed E-state index contributed by atoms with van der Waals surface area (Å²) in [6, 6.07) is 17.0. The van der Waals surface area contributed by atoms with Gasteiger partial charge in [-0.3, -0.25) is 0 Å². The van der Waals surface area contributed by atoms with Crippen LogP contribution in [0.2, 0.25) is 0 Å². The summed E-state index contributed by atoms with van der Waals surface area (Å²) in [6.45, 7) is 3.95. The summed E-state index contributed by atoms with van der Waals surface area (Å²) >= 11 is 0. The van der Waals surface area contributed by atoms with Gasteiger partial charge in [0, 0.05) is 30.4 Å². The Bertz CT molecular complexity index is 917. The first-order valence-electron chi connectivity index (χ1n) is 8.47. The Morgan fingerprint density at radius 1 is 0.462 bits per heavy atom. The van der Waals surface area contributed by atoms with Crippen LogP contribution in [-0.4, -0.2) is 19.9 Å². The summed E-state index contributed by atoms with van der Waals surface area (Å²) in [7, 11) is 0. The molecule has 0 bridgehead atoms. The SMILES string of the molecule is Cc1ccc(-c2ccc(-c3cnc(-c4cnc(C)nc4)nc3)cc2)cc1. The molecule has 0 saturated heterocycles. The molecule has 26 heavy (non-hydrogen) atoms. The van der Waals surface area contributed by atoms with Gasteiger partial charge in [0.15, 0.2) is 5.82 Å². The molecule has 0 atom stereocenters. The van der Waals surface area contributed by atoms with E-state index in [1.807, 2.05) is 19.3 Å². The van der Waals surface area contributed by atoms with Gasteiger partial charge in [0.2, 0.25) is 0 Å². The van der Waals surface area contributed by atoms with E-state index < -0.39 is 0 Å². The molecule has 0 unspecified atom stereocenters. The predicted octanol–water partition coefficient (Wildman–Crippen LogP) is 4.88. The zero-order chi connectivity index (χ0) is 17.9. The Morgan fingerprint density at radius 2 is 0.885 bits per heavy atom.